The smallest absolute Gasteiger partial charge is 0.338 e. The topological polar surface area (TPSA) is 92.4 Å². The molecular formula is C24H18N2O5. The zero-order valence-corrected chi connectivity index (χ0v) is 16.6. The van der Waals surface area contributed by atoms with Crippen LogP contribution in [-0.4, -0.2) is 23.8 Å². The maximum atomic E-state index is 13.1. The zero-order valence-electron chi connectivity index (χ0n) is 16.6. The predicted octanol–water partition coefficient (Wildman–Crippen LogP) is 3.46. The lowest BCUT2D eigenvalue weighted by Crippen LogP contribution is -2.38. The molecular weight excluding hydrogens is 396 g/mol. The molecule has 0 spiro atoms. The normalized spacial score (nSPS) is 10.6. The largest absolute Gasteiger partial charge is 0.618 e. The Bertz CT molecular complexity index is 1270. The van der Waals surface area contributed by atoms with Gasteiger partial charge in [-0.25, -0.2) is 9.78 Å². The van der Waals surface area contributed by atoms with Crippen LogP contribution < -0.4 is 9.47 Å². The Balaban J connectivity index is 1.72. The molecule has 4 aromatic rings. The average molecular weight is 414 g/mol. The van der Waals surface area contributed by atoms with Crippen molar-refractivity contribution in [2.24, 2.45) is 0 Å². The molecule has 0 atom stereocenters. The minimum atomic E-state index is -0.621. The first kappa shape index (κ1) is 20.0. The highest BCUT2D eigenvalue weighted by Crippen LogP contribution is 2.18. The molecule has 0 unspecified atom stereocenters. The van der Waals surface area contributed by atoms with Gasteiger partial charge >= 0.3 is 5.97 Å². The molecule has 0 aliphatic heterocycles. The summed E-state index contributed by atoms with van der Waals surface area (Å²) in [6.07, 6.45) is 0. The van der Waals surface area contributed by atoms with Crippen LogP contribution in [0.2, 0.25) is 0 Å². The lowest BCUT2D eigenvalue weighted by atomic mass is 10.1. The van der Waals surface area contributed by atoms with Crippen LogP contribution in [0.15, 0.2) is 78.9 Å². The molecule has 7 nitrogen and oxygen atoms in total. The van der Waals surface area contributed by atoms with Gasteiger partial charge in [-0.3, -0.25) is 4.79 Å². The number of fused-ring (bicyclic) bond motifs is 1. The van der Waals surface area contributed by atoms with Crippen LogP contribution in [0, 0.1) is 5.21 Å². The minimum absolute atomic E-state index is 0.0822. The van der Waals surface area contributed by atoms with Gasteiger partial charge in [0.15, 0.2) is 5.69 Å². The first-order chi connectivity index (χ1) is 15.1. The highest BCUT2D eigenvalue weighted by molar-refractivity contribution is 6.07. The molecule has 7 heteroatoms. The molecule has 1 aromatic heterocycles. The number of carbonyl (C=O) groups is 2. The quantitative estimate of drug-likeness (QED) is 0.208. The number of esters is 1. The molecule has 0 bridgehead atoms. The molecule has 3 aromatic carbocycles. The number of aromatic nitrogens is 2. The van der Waals surface area contributed by atoms with Gasteiger partial charge in [0.1, 0.15) is 17.9 Å². The molecule has 1 heterocycles. The number of para-hydroxylation sites is 2. The number of hydrogen-bond acceptors (Lipinski definition) is 6. The highest BCUT2D eigenvalue weighted by Gasteiger charge is 2.28. The van der Waals surface area contributed by atoms with Gasteiger partial charge in [0.2, 0.25) is 5.52 Å². The van der Waals surface area contributed by atoms with Gasteiger partial charge in [0.05, 0.1) is 12.7 Å². The molecule has 4 rings (SSSR count). The van der Waals surface area contributed by atoms with E-state index in [-0.39, 0.29) is 29.1 Å². The van der Waals surface area contributed by atoms with Crippen molar-refractivity contribution in [1.29, 1.82) is 0 Å². The summed E-state index contributed by atoms with van der Waals surface area (Å²) in [5, 5.41) is 13.1. The van der Waals surface area contributed by atoms with Crippen LogP contribution in [-0.2, 0) is 11.3 Å². The van der Waals surface area contributed by atoms with E-state index in [1.165, 1.54) is 7.11 Å². The fourth-order valence-electron chi connectivity index (χ4n) is 3.18. The molecule has 0 aliphatic carbocycles. The average Bonchev–Trinajstić information content (AvgIpc) is 2.83. The Morgan fingerprint density at radius 2 is 1.65 bits per heavy atom. The van der Waals surface area contributed by atoms with E-state index in [0.29, 0.717) is 21.6 Å². The zero-order chi connectivity index (χ0) is 21.8. The van der Waals surface area contributed by atoms with Gasteiger partial charge < -0.3 is 14.7 Å². The molecule has 31 heavy (non-hydrogen) atoms. The summed E-state index contributed by atoms with van der Waals surface area (Å²) in [6.45, 7) is -0.336. The van der Waals surface area contributed by atoms with E-state index in [2.05, 4.69) is 4.98 Å². The number of carbonyl (C=O) groups excluding carboxylic acids is 2. The second-order valence-corrected chi connectivity index (χ2v) is 6.69. The Labute approximate surface area is 178 Å². The number of benzene rings is 3. The highest BCUT2D eigenvalue weighted by atomic mass is 16.5. The van der Waals surface area contributed by atoms with Gasteiger partial charge in [0.25, 0.3) is 11.5 Å². The van der Waals surface area contributed by atoms with Crippen molar-refractivity contribution in [3.63, 3.8) is 0 Å². The van der Waals surface area contributed by atoms with E-state index in [4.69, 9.17) is 9.47 Å². The van der Waals surface area contributed by atoms with Gasteiger partial charge in [-0.2, -0.15) is 4.73 Å². The lowest BCUT2D eigenvalue weighted by molar-refractivity contribution is -0.580. The van der Waals surface area contributed by atoms with Crippen molar-refractivity contribution >= 4 is 22.8 Å². The van der Waals surface area contributed by atoms with E-state index in [9.17, 15) is 14.8 Å². The summed E-state index contributed by atoms with van der Waals surface area (Å²) in [5.41, 5.74) is 1.18. The summed E-state index contributed by atoms with van der Waals surface area (Å²) in [4.78, 5) is 30.1. The Hall–Kier alpha value is -4.26. The third kappa shape index (κ3) is 4.06. The molecule has 0 radical (unpaired) electrons. The lowest BCUT2D eigenvalue weighted by Gasteiger charge is -2.12. The summed E-state index contributed by atoms with van der Waals surface area (Å²) in [7, 11) is 1.50. The van der Waals surface area contributed by atoms with Crippen molar-refractivity contribution < 1.29 is 23.8 Å². The van der Waals surface area contributed by atoms with E-state index in [1.807, 2.05) is 0 Å². The summed E-state index contributed by atoms with van der Waals surface area (Å²) in [6, 6.07) is 21.6. The monoisotopic (exact) mass is 414 g/mol. The molecule has 0 aliphatic rings. The standard InChI is InChI=1S/C24H18N2O5/c1-30-18-11-7-10-17(14-18)24(28)31-15-20-22(23(27)16-8-3-2-4-9-16)26(29)21-13-6-5-12-19(21)25-20/h2-14H,15H2,1H3. The first-order valence-electron chi connectivity index (χ1n) is 9.50. The number of methoxy groups -OCH3 is 1. The minimum Gasteiger partial charge on any atom is -0.618 e. The van der Waals surface area contributed by atoms with Crippen molar-refractivity contribution in [2.45, 2.75) is 6.61 Å². The van der Waals surface area contributed by atoms with Crippen LogP contribution in [0.5, 0.6) is 5.75 Å². The fraction of sp³-hybridized carbons (Fsp3) is 0.0833. The molecule has 0 amide bonds. The maximum Gasteiger partial charge on any atom is 0.338 e. The van der Waals surface area contributed by atoms with Crippen molar-refractivity contribution in [1.82, 2.24) is 4.98 Å². The molecule has 0 saturated carbocycles. The number of ether oxygens (including phenoxy) is 2. The molecule has 154 valence electrons. The van der Waals surface area contributed by atoms with E-state index >= 15 is 0 Å². The number of nitrogens with zero attached hydrogens (tertiary/aromatic N) is 2. The Kier molecular flexibility index (Phi) is 5.57. The Morgan fingerprint density at radius 1 is 0.935 bits per heavy atom. The third-order valence-electron chi connectivity index (χ3n) is 4.73. The molecule has 0 N–H and O–H groups in total. The summed E-state index contributed by atoms with van der Waals surface area (Å²) >= 11 is 0. The van der Waals surface area contributed by atoms with E-state index < -0.39 is 11.8 Å². The number of ketones is 1. The van der Waals surface area contributed by atoms with Crippen molar-refractivity contribution in [3.05, 3.63) is 107 Å². The van der Waals surface area contributed by atoms with Crippen molar-refractivity contribution in [3.8, 4) is 5.75 Å². The van der Waals surface area contributed by atoms with Crippen LogP contribution in [0.3, 0.4) is 0 Å². The van der Waals surface area contributed by atoms with Crippen LogP contribution >= 0.6 is 0 Å². The Morgan fingerprint density at radius 3 is 2.42 bits per heavy atom. The van der Waals surface area contributed by atoms with Gasteiger partial charge in [0, 0.05) is 11.6 Å². The van der Waals surface area contributed by atoms with E-state index in [1.54, 1.807) is 78.9 Å². The van der Waals surface area contributed by atoms with Crippen LogP contribution in [0.1, 0.15) is 32.1 Å². The SMILES string of the molecule is COc1cccc(C(=O)OCc2nc3ccccc3[n+]([O-])c2C(=O)c2ccccc2)c1. The second-order valence-electron chi connectivity index (χ2n) is 6.69. The maximum absolute atomic E-state index is 13.1. The number of hydrogen-bond donors (Lipinski definition) is 0. The van der Waals surface area contributed by atoms with Gasteiger partial charge in [-0.05, 0) is 24.3 Å². The molecule has 0 fully saturated rings. The summed E-state index contributed by atoms with van der Waals surface area (Å²) in [5.74, 6) is -0.610. The van der Waals surface area contributed by atoms with Crippen LogP contribution in [0.25, 0.3) is 11.0 Å². The van der Waals surface area contributed by atoms with E-state index in [0.717, 1.165) is 0 Å². The number of rotatable bonds is 6. The molecule has 0 saturated heterocycles. The van der Waals surface area contributed by atoms with Gasteiger partial charge in [-0.1, -0.05) is 48.5 Å². The fourth-order valence-corrected chi connectivity index (χ4v) is 3.18. The van der Waals surface area contributed by atoms with Crippen molar-refractivity contribution in [2.75, 3.05) is 7.11 Å². The first-order valence-corrected chi connectivity index (χ1v) is 9.50. The second kappa shape index (κ2) is 8.62. The van der Waals surface area contributed by atoms with Gasteiger partial charge in [-0.15, -0.1) is 0 Å². The summed E-state index contributed by atoms with van der Waals surface area (Å²) < 4.78 is 11.1. The predicted molar refractivity (Wildman–Crippen MR) is 113 cm³/mol. The third-order valence-corrected chi connectivity index (χ3v) is 4.73. The van der Waals surface area contributed by atoms with Crippen LogP contribution in [0.4, 0.5) is 0 Å².